The minimum Gasteiger partial charge on any atom is -0.378 e. The summed E-state index contributed by atoms with van der Waals surface area (Å²) >= 11 is 0. The van der Waals surface area contributed by atoms with Crippen molar-refractivity contribution in [3.8, 4) is 0 Å². The quantitative estimate of drug-likeness (QED) is 0.722. The van der Waals surface area contributed by atoms with Crippen molar-refractivity contribution in [2.75, 3.05) is 25.1 Å². The Morgan fingerprint density at radius 2 is 2.29 bits per heavy atom. The van der Waals surface area contributed by atoms with E-state index in [1.54, 1.807) is 19.1 Å². The molecule has 0 aromatic heterocycles. The molecule has 7 nitrogen and oxygen atoms in total. The van der Waals surface area contributed by atoms with E-state index < -0.39 is 10.0 Å². The van der Waals surface area contributed by atoms with E-state index in [4.69, 9.17) is 9.88 Å². The highest BCUT2D eigenvalue weighted by molar-refractivity contribution is 7.89. The number of anilines is 1. The highest BCUT2D eigenvalue weighted by Crippen LogP contribution is 2.22. The third kappa shape index (κ3) is 4.24. The molecular formula is C13H19N3O4S. The predicted molar refractivity (Wildman–Crippen MR) is 78.4 cm³/mol. The average molecular weight is 313 g/mol. The molecule has 1 amide bonds. The first kappa shape index (κ1) is 15.9. The van der Waals surface area contributed by atoms with Crippen LogP contribution in [0.3, 0.4) is 0 Å². The lowest BCUT2D eigenvalue weighted by molar-refractivity contribution is -0.117. The molecule has 0 saturated carbocycles. The van der Waals surface area contributed by atoms with Gasteiger partial charge in [-0.25, -0.2) is 13.6 Å². The summed E-state index contributed by atoms with van der Waals surface area (Å²) in [5, 5.41) is 11.0. The zero-order valence-electron chi connectivity index (χ0n) is 11.8. The maximum absolute atomic E-state index is 12.0. The number of hydrogen-bond donors (Lipinski definition) is 3. The molecule has 1 saturated heterocycles. The summed E-state index contributed by atoms with van der Waals surface area (Å²) in [7, 11) is -3.80. The van der Waals surface area contributed by atoms with Gasteiger partial charge in [-0.1, -0.05) is 6.07 Å². The van der Waals surface area contributed by atoms with Gasteiger partial charge < -0.3 is 15.4 Å². The molecule has 8 heteroatoms. The standard InChI is InChI=1S/C13H19N3O4S/c1-9-11(3-2-4-12(9)21(14,18)19)16-13(17)7-10-8-20-6-5-15-10/h2-4,10,15H,5-8H2,1H3,(H,16,17)(H2,14,18,19). The number of nitrogens with one attached hydrogen (secondary N) is 2. The molecule has 1 aliphatic rings. The lowest BCUT2D eigenvalue weighted by Crippen LogP contribution is -2.43. The van der Waals surface area contributed by atoms with E-state index in [-0.39, 0.29) is 23.3 Å². The fourth-order valence-corrected chi connectivity index (χ4v) is 3.04. The molecule has 0 bridgehead atoms. The number of hydrogen-bond acceptors (Lipinski definition) is 5. The van der Waals surface area contributed by atoms with E-state index in [0.717, 1.165) is 6.54 Å². The fraction of sp³-hybridized carbons (Fsp3) is 0.462. The third-order valence-corrected chi connectivity index (χ3v) is 4.35. The number of benzene rings is 1. The molecule has 2 rings (SSSR count). The van der Waals surface area contributed by atoms with Crippen LogP contribution < -0.4 is 15.8 Å². The molecule has 1 aliphatic heterocycles. The summed E-state index contributed by atoms with van der Waals surface area (Å²) in [6.07, 6.45) is 0.263. The number of ether oxygens (including phenoxy) is 1. The summed E-state index contributed by atoms with van der Waals surface area (Å²) < 4.78 is 28.2. The Morgan fingerprint density at radius 1 is 1.52 bits per heavy atom. The molecule has 0 radical (unpaired) electrons. The van der Waals surface area contributed by atoms with Crippen LogP contribution >= 0.6 is 0 Å². The summed E-state index contributed by atoms with van der Waals surface area (Å²) in [6.45, 7) is 3.46. The molecule has 0 spiro atoms. The van der Waals surface area contributed by atoms with Crippen molar-refractivity contribution in [3.05, 3.63) is 23.8 Å². The lowest BCUT2D eigenvalue weighted by Gasteiger charge is -2.23. The number of carbonyl (C=O) groups excluding carboxylic acids is 1. The summed E-state index contributed by atoms with van der Waals surface area (Å²) in [4.78, 5) is 12.0. The Balaban J connectivity index is 2.07. The van der Waals surface area contributed by atoms with E-state index >= 15 is 0 Å². The smallest absolute Gasteiger partial charge is 0.238 e. The molecule has 21 heavy (non-hydrogen) atoms. The molecule has 1 unspecified atom stereocenters. The highest BCUT2D eigenvalue weighted by atomic mass is 32.2. The Hall–Kier alpha value is -1.48. The van der Waals surface area contributed by atoms with Crippen molar-refractivity contribution < 1.29 is 17.9 Å². The van der Waals surface area contributed by atoms with E-state index in [1.165, 1.54) is 6.07 Å². The van der Waals surface area contributed by atoms with Crippen molar-refractivity contribution in [2.45, 2.75) is 24.3 Å². The molecule has 4 N–H and O–H groups in total. The van der Waals surface area contributed by atoms with Crippen LogP contribution in [-0.2, 0) is 19.6 Å². The van der Waals surface area contributed by atoms with Gasteiger partial charge >= 0.3 is 0 Å². The Morgan fingerprint density at radius 3 is 2.90 bits per heavy atom. The molecule has 1 aromatic carbocycles. The zero-order valence-corrected chi connectivity index (χ0v) is 12.6. The maximum atomic E-state index is 12.0. The van der Waals surface area contributed by atoms with Crippen LogP contribution in [0.1, 0.15) is 12.0 Å². The molecule has 1 aromatic rings. The minimum absolute atomic E-state index is 0.0134. The largest absolute Gasteiger partial charge is 0.378 e. The van der Waals surface area contributed by atoms with Gasteiger partial charge in [0.1, 0.15) is 0 Å². The second-order valence-electron chi connectivity index (χ2n) is 4.95. The molecule has 116 valence electrons. The lowest BCUT2D eigenvalue weighted by atomic mass is 10.1. The summed E-state index contributed by atoms with van der Waals surface area (Å²) in [5.74, 6) is -0.201. The van der Waals surface area contributed by atoms with Crippen molar-refractivity contribution in [2.24, 2.45) is 5.14 Å². The van der Waals surface area contributed by atoms with Crippen LogP contribution in [0.2, 0.25) is 0 Å². The van der Waals surface area contributed by atoms with Crippen LogP contribution in [0, 0.1) is 6.92 Å². The number of carbonyl (C=O) groups is 1. The van der Waals surface area contributed by atoms with Crippen LogP contribution in [0.25, 0.3) is 0 Å². The van der Waals surface area contributed by atoms with Gasteiger partial charge in [0.25, 0.3) is 0 Å². The first-order chi connectivity index (χ1) is 9.88. The number of nitrogens with two attached hydrogens (primary N) is 1. The number of rotatable bonds is 4. The first-order valence-corrected chi connectivity index (χ1v) is 8.16. The molecule has 1 atom stereocenters. The van der Waals surface area contributed by atoms with Crippen molar-refractivity contribution >= 4 is 21.6 Å². The van der Waals surface area contributed by atoms with Crippen molar-refractivity contribution in [1.29, 1.82) is 0 Å². The van der Waals surface area contributed by atoms with Gasteiger partial charge in [0.15, 0.2) is 0 Å². The van der Waals surface area contributed by atoms with Gasteiger partial charge in [0.2, 0.25) is 15.9 Å². The monoisotopic (exact) mass is 313 g/mol. The third-order valence-electron chi connectivity index (χ3n) is 3.29. The SMILES string of the molecule is Cc1c(NC(=O)CC2COCCN2)cccc1S(N)(=O)=O. The Kier molecular flexibility index (Phi) is 4.94. The minimum atomic E-state index is -3.80. The summed E-state index contributed by atoms with van der Waals surface area (Å²) in [5.41, 5.74) is 0.879. The van der Waals surface area contributed by atoms with E-state index in [0.29, 0.717) is 24.5 Å². The van der Waals surface area contributed by atoms with E-state index in [2.05, 4.69) is 10.6 Å². The van der Waals surface area contributed by atoms with Crippen molar-refractivity contribution in [3.63, 3.8) is 0 Å². The Bertz CT molecular complexity index is 624. The maximum Gasteiger partial charge on any atom is 0.238 e. The average Bonchev–Trinajstić information content (AvgIpc) is 2.41. The highest BCUT2D eigenvalue weighted by Gasteiger charge is 2.19. The molecule has 1 heterocycles. The zero-order chi connectivity index (χ0) is 15.5. The van der Waals surface area contributed by atoms with E-state index in [9.17, 15) is 13.2 Å². The predicted octanol–water partition coefficient (Wildman–Crippen LogP) is -0.0406. The number of amides is 1. The topological polar surface area (TPSA) is 111 Å². The van der Waals surface area contributed by atoms with Gasteiger partial charge in [-0.05, 0) is 24.6 Å². The number of sulfonamides is 1. The normalized spacial score (nSPS) is 19.2. The van der Waals surface area contributed by atoms with Crippen LogP contribution in [0.5, 0.6) is 0 Å². The number of primary sulfonamides is 1. The number of morpholine rings is 1. The second kappa shape index (κ2) is 6.52. The molecule has 0 aliphatic carbocycles. The molecular weight excluding hydrogens is 294 g/mol. The van der Waals surface area contributed by atoms with Gasteiger partial charge in [0.05, 0.1) is 18.1 Å². The fourth-order valence-electron chi connectivity index (χ4n) is 2.23. The van der Waals surface area contributed by atoms with Crippen molar-refractivity contribution in [1.82, 2.24) is 5.32 Å². The van der Waals surface area contributed by atoms with Gasteiger partial charge in [-0.2, -0.15) is 0 Å². The van der Waals surface area contributed by atoms with Crippen LogP contribution in [0.15, 0.2) is 23.1 Å². The van der Waals surface area contributed by atoms with Gasteiger partial charge in [-0.3, -0.25) is 4.79 Å². The van der Waals surface area contributed by atoms with Crippen LogP contribution in [-0.4, -0.2) is 40.1 Å². The summed E-state index contributed by atoms with van der Waals surface area (Å²) in [6, 6.07) is 4.58. The van der Waals surface area contributed by atoms with E-state index in [1.807, 2.05) is 0 Å². The van der Waals surface area contributed by atoms with Crippen LogP contribution in [0.4, 0.5) is 5.69 Å². The second-order valence-corrected chi connectivity index (χ2v) is 6.48. The van der Waals surface area contributed by atoms with Gasteiger partial charge in [0, 0.05) is 24.7 Å². The molecule has 1 fully saturated rings. The first-order valence-electron chi connectivity index (χ1n) is 6.61. The van der Waals surface area contributed by atoms with Gasteiger partial charge in [-0.15, -0.1) is 0 Å². The Labute approximate surface area is 123 Å².